The third-order valence-corrected chi connectivity index (χ3v) is 5.05. The lowest BCUT2D eigenvalue weighted by Crippen LogP contribution is -2.11. The molecule has 0 saturated carbocycles. The minimum absolute atomic E-state index is 0.100. The number of benzene rings is 2. The number of halogens is 2. The van der Waals surface area contributed by atoms with Gasteiger partial charge in [-0.3, -0.25) is 4.79 Å². The van der Waals surface area contributed by atoms with Gasteiger partial charge in [0.2, 0.25) is 0 Å². The normalized spacial score (nSPS) is 12.5. The Kier molecular flexibility index (Phi) is 6.58. The minimum Gasteiger partial charge on any atom is -0.490 e. The van der Waals surface area contributed by atoms with Crippen molar-refractivity contribution in [2.75, 3.05) is 11.9 Å². The summed E-state index contributed by atoms with van der Waals surface area (Å²) in [6.07, 6.45) is 3.35. The van der Waals surface area contributed by atoms with Crippen LogP contribution in [0.15, 0.2) is 52.9 Å². The predicted octanol–water partition coefficient (Wildman–Crippen LogP) is 5.60. The fourth-order valence-electron chi connectivity index (χ4n) is 3.61. The van der Waals surface area contributed by atoms with Crippen molar-refractivity contribution >= 4 is 11.6 Å². The zero-order valence-electron chi connectivity index (χ0n) is 17.5. The van der Waals surface area contributed by atoms with E-state index < -0.39 is 12.5 Å². The van der Waals surface area contributed by atoms with E-state index in [1.165, 1.54) is 35.7 Å². The molecule has 3 aromatic rings. The Balaban J connectivity index is 1.37. The number of fused-ring (bicyclic) bond motifs is 1. The third-order valence-electron chi connectivity index (χ3n) is 5.05. The molecule has 0 saturated heterocycles. The van der Waals surface area contributed by atoms with Gasteiger partial charge in [0.1, 0.15) is 18.1 Å². The van der Waals surface area contributed by atoms with Crippen LogP contribution in [-0.4, -0.2) is 19.1 Å². The number of anilines is 1. The summed E-state index contributed by atoms with van der Waals surface area (Å²) in [4.78, 5) is 12.5. The summed E-state index contributed by atoms with van der Waals surface area (Å²) in [6.45, 7) is -0.814. The van der Waals surface area contributed by atoms with E-state index in [0.717, 1.165) is 18.6 Å². The number of furan rings is 1. The minimum atomic E-state index is -2.98. The van der Waals surface area contributed by atoms with E-state index in [0.29, 0.717) is 11.4 Å². The fraction of sp³-hybridized carbons (Fsp3) is 0.292. The van der Waals surface area contributed by atoms with Gasteiger partial charge in [0.25, 0.3) is 5.91 Å². The molecule has 0 unspecified atom stereocenters. The number of hydrogen-bond donors (Lipinski definition) is 1. The first-order valence-electron chi connectivity index (χ1n) is 10.4. The zero-order chi connectivity index (χ0) is 22.5. The van der Waals surface area contributed by atoms with Crippen molar-refractivity contribution in [1.82, 2.24) is 0 Å². The maximum absolute atomic E-state index is 12.5. The summed E-state index contributed by atoms with van der Waals surface area (Å²) in [5.74, 6) is 0.883. The van der Waals surface area contributed by atoms with Crippen molar-refractivity contribution in [3.8, 4) is 17.2 Å². The van der Waals surface area contributed by atoms with E-state index in [1.807, 2.05) is 6.07 Å². The van der Waals surface area contributed by atoms with Crippen LogP contribution in [0, 0.1) is 0 Å². The molecule has 1 aliphatic rings. The molecule has 0 atom stereocenters. The molecule has 1 heterocycles. The van der Waals surface area contributed by atoms with Crippen LogP contribution in [-0.2, 0) is 19.4 Å². The smallest absolute Gasteiger partial charge is 0.387 e. The fourth-order valence-corrected chi connectivity index (χ4v) is 3.61. The van der Waals surface area contributed by atoms with Crippen molar-refractivity contribution < 1.29 is 32.2 Å². The van der Waals surface area contributed by atoms with E-state index in [2.05, 4.69) is 22.2 Å². The summed E-state index contributed by atoms with van der Waals surface area (Å²) >= 11 is 0. The average Bonchev–Trinajstić information content (AvgIpc) is 3.43. The lowest BCUT2D eigenvalue weighted by Gasteiger charge is -2.13. The van der Waals surface area contributed by atoms with Gasteiger partial charge >= 0.3 is 6.61 Å². The van der Waals surface area contributed by atoms with Gasteiger partial charge < -0.3 is 23.9 Å². The number of rotatable bonds is 9. The van der Waals surface area contributed by atoms with Crippen molar-refractivity contribution in [3.05, 3.63) is 71.2 Å². The highest BCUT2D eigenvalue weighted by Crippen LogP contribution is 2.32. The van der Waals surface area contributed by atoms with Gasteiger partial charge in [-0.2, -0.15) is 8.78 Å². The molecule has 0 bridgehead atoms. The van der Waals surface area contributed by atoms with Gasteiger partial charge in [-0.05, 0) is 73.7 Å². The molecule has 0 spiro atoms. The van der Waals surface area contributed by atoms with E-state index in [1.54, 1.807) is 19.1 Å². The standard InChI is InChI=1S/C24H23F2NO5/c1-2-29-22-13-17(7-10-20(22)32-24(25)26)27-23(28)21-11-9-19(31-21)14-30-18-8-6-15-4-3-5-16(15)12-18/h6-13,24H,2-5,14H2,1H3,(H,27,28). The number of carbonyl (C=O) groups excluding carboxylic acids is 1. The lowest BCUT2D eigenvalue weighted by molar-refractivity contribution is -0.0514. The second kappa shape index (κ2) is 9.72. The summed E-state index contributed by atoms with van der Waals surface area (Å²) in [6, 6.07) is 13.5. The van der Waals surface area contributed by atoms with Crippen LogP contribution in [0.3, 0.4) is 0 Å². The van der Waals surface area contributed by atoms with Gasteiger partial charge in [-0.15, -0.1) is 0 Å². The highest BCUT2D eigenvalue weighted by Gasteiger charge is 2.16. The Morgan fingerprint density at radius 1 is 1.03 bits per heavy atom. The third kappa shape index (κ3) is 5.19. The van der Waals surface area contributed by atoms with E-state index in [4.69, 9.17) is 13.9 Å². The number of aryl methyl sites for hydroxylation is 2. The molecule has 0 radical (unpaired) electrons. The summed E-state index contributed by atoms with van der Waals surface area (Å²) < 4.78 is 46.2. The molecule has 168 valence electrons. The predicted molar refractivity (Wildman–Crippen MR) is 114 cm³/mol. The Hall–Kier alpha value is -3.55. The molecular weight excluding hydrogens is 420 g/mol. The second-order valence-electron chi connectivity index (χ2n) is 7.27. The van der Waals surface area contributed by atoms with Crippen molar-refractivity contribution in [2.24, 2.45) is 0 Å². The second-order valence-corrected chi connectivity index (χ2v) is 7.27. The molecule has 1 amide bonds. The molecule has 0 fully saturated rings. The first-order chi connectivity index (χ1) is 15.5. The summed E-state index contributed by atoms with van der Waals surface area (Å²) in [5, 5.41) is 2.66. The van der Waals surface area contributed by atoms with Gasteiger partial charge in [-0.1, -0.05) is 6.07 Å². The average molecular weight is 443 g/mol. The van der Waals surface area contributed by atoms with Crippen LogP contribution in [0.4, 0.5) is 14.5 Å². The topological polar surface area (TPSA) is 69.9 Å². The van der Waals surface area contributed by atoms with Gasteiger partial charge in [0.15, 0.2) is 17.3 Å². The molecule has 2 aromatic carbocycles. The Morgan fingerprint density at radius 2 is 1.88 bits per heavy atom. The van der Waals surface area contributed by atoms with Crippen LogP contribution in [0.2, 0.25) is 0 Å². The first kappa shape index (κ1) is 21.7. The maximum atomic E-state index is 12.5. The Morgan fingerprint density at radius 3 is 2.69 bits per heavy atom. The quantitative estimate of drug-likeness (QED) is 0.466. The number of ether oxygens (including phenoxy) is 3. The van der Waals surface area contributed by atoms with Crippen LogP contribution < -0.4 is 19.5 Å². The molecule has 1 aromatic heterocycles. The van der Waals surface area contributed by atoms with Crippen LogP contribution in [0.5, 0.6) is 17.2 Å². The largest absolute Gasteiger partial charge is 0.490 e. The van der Waals surface area contributed by atoms with E-state index in [-0.39, 0.29) is 30.5 Å². The van der Waals surface area contributed by atoms with E-state index in [9.17, 15) is 13.6 Å². The highest BCUT2D eigenvalue weighted by atomic mass is 19.3. The maximum Gasteiger partial charge on any atom is 0.387 e. The van der Waals surface area contributed by atoms with Crippen molar-refractivity contribution in [3.63, 3.8) is 0 Å². The zero-order valence-corrected chi connectivity index (χ0v) is 17.5. The first-order valence-corrected chi connectivity index (χ1v) is 10.4. The number of carbonyl (C=O) groups is 1. The molecule has 4 rings (SSSR count). The summed E-state index contributed by atoms with van der Waals surface area (Å²) in [7, 11) is 0. The molecule has 8 heteroatoms. The van der Waals surface area contributed by atoms with Crippen LogP contribution in [0.1, 0.15) is 40.8 Å². The SMILES string of the molecule is CCOc1cc(NC(=O)c2ccc(COc3ccc4c(c3)CCC4)o2)ccc1OC(F)F. The molecule has 1 N–H and O–H groups in total. The monoisotopic (exact) mass is 443 g/mol. The van der Waals surface area contributed by atoms with Crippen molar-refractivity contribution in [1.29, 1.82) is 0 Å². The summed E-state index contributed by atoms with van der Waals surface area (Å²) in [5.41, 5.74) is 3.04. The number of amides is 1. The molecule has 1 aliphatic carbocycles. The lowest BCUT2D eigenvalue weighted by atomic mass is 10.1. The molecule has 32 heavy (non-hydrogen) atoms. The molecule has 6 nitrogen and oxygen atoms in total. The Bertz CT molecular complexity index is 1100. The van der Waals surface area contributed by atoms with Gasteiger partial charge in [-0.25, -0.2) is 0 Å². The molecule has 0 aliphatic heterocycles. The number of hydrogen-bond acceptors (Lipinski definition) is 5. The number of alkyl halides is 2. The van der Waals surface area contributed by atoms with Gasteiger partial charge in [0.05, 0.1) is 6.61 Å². The highest BCUT2D eigenvalue weighted by molar-refractivity contribution is 6.02. The van der Waals surface area contributed by atoms with Crippen LogP contribution >= 0.6 is 0 Å². The molecular formula is C24H23F2NO5. The number of nitrogens with one attached hydrogen (secondary N) is 1. The van der Waals surface area contributed by atoms with Crippen molar-refractivity contribution in [2.45, 2.75) is 39.4 Å². The van der Waals surface area contributed by atoms with E-state index >= 15 is 0 Å². The van der Waals surface area contributed by atoms with Gasteiger partial charge in [0, 0.05) is 11.8 Å². The van der Waals surface area contributed by atoms with Crippen LogP contribution in [0.25, 0.3) is 0 Å². The Labute approximate surface area is 184 Å².